The molecule has 3 unspecified atom stereocenters. The van der Waals surface area contributed by atoms with E-state index in [1.807, 2.05) is 11.9 Å². The number of carbonyl (C=O) groups is 1. The van der Waals surface area contributed by atoms with Gasteiger partial charge in [0.15, 0.2) is 0 Å². The van der Waals surface area contributed by atoms with E-state index in [0.717, 1.165) is 25.8 Å². The van der Waals surface area contributed by atoms with Crippen LogP contribution in [0, 0.1) is 11.8 Å². The van der Waals surface area contributed by atoms with Crippen molar-refractivity contribution in [1.82, 2.24) is 4.90 Å². The van der Waals surface area contributed by atoms with Crippen LogP contribution in [0.25, 0.3) is 0 Å². The number of rotatable bonds is 5. The molecular weight excluding hydrogens is 212 g/mol. The van der Waals surface area contributed by atoms with Gasteiger partial charge >= 0.3 is 0 Å². The van der Waals surface area contributed by atoms with Crippen molar-refractivity contribution >= 4 is 5.91 Å². The van der Waals surface area contributed by atoms with Gasteiger partial charge in [-0.3, -0.25) is 4.79 Å². The number of hydrogen-bond donors (Lipinski definition) is 1. The van der Waals surface area contributed by atoms with Crippen LogP contribution < -0.4 is 5.73 Å². The molecule has 1 aliphatic carbocycles. The zero-order chi connectivity index (χ0) is 12.8. The first kappa shape index (κ1) is 14.5. The number of unbranched alkanes of at least 4 members (excludes halogenated alkanes) is 2. The van der Waals surface area contributed by atoms with Crippen molar-refractivity contribution in [2.45, 2.75) is 58.4 Å². The maximum Gasteiger partial charge on any atom is 0.226 e. The SMILES string of the molecule is CCCCCN(C)C(=O)C1CC(C)CCC1N. The summed E-state index contributed by atoms with van der Waals surface area (Å²) in [6.45, 7) is 5.29. The fraction of sp³-hybridized carbons (Fsp3) is 0.929. The average molecular weight is 240 g/mol. The molecule has 2 N–H and O–H groups in total. The van der Waals surface area contributed by atoms with E-state index in [1.54, 1.807) is 0 Å². The number of nitrogens with two attached hydrogens (primary N) is 1. The van der Waals surface area contributed by atoms with Crippen LogP contribution in [0.15, 0.2) is 0 Å². The molecule has 3 heteroatoms. The second-order valence-electron chi connectivity index (χ2n) is 5.66. The van der Waals surface area contributed by atoms with Crippen LogP contribution in [0.5, 0.6) is 0 Å². The van der Waals surface area contributed by atoms with Gasteiger partial charge in [-0.1, -0.05) is 26.7 Å². The molecule has 0 heterocycles. The highest BCUT2D eigenvalue weighted by molar-refractivity contribution is 5.79. The Bertz CT molecular complexity index is 242. The Morgan fingerprint density at radius 2 is 2.06 bits per heavy atom. The van der Waals surface area contributed by atoms with Gasteiger partial charge in [0.1, 0.15) is 0 Å². The zero-order valence-electron chi connectivity index (χ0n) is 11.6. The molecule has 1 fully saturated rings. The van der Waals surface area contributed by atoms with Crippen molar-refractivity contribution in [3.8, 4) is 0 Å². The zero-order valence-corrected chi connectivity index (χ0v) is 11.6. The van der Waals surface area contributed by atoms with E-state index < -0.39 is 0 Å². The summed E-state index contributed by atoms with van der Waals surface area (Å²) < 4.78 is 0. The van der Waals surface area contributed by atoms with E-state index in [4.69, 9.17) is 5.73 Å². The Labute approximate surface area is 106 Å². The van der Waals surface area contributed by atoms with E-state index in [-0.39, 0.29) is 17.9 Å². The van der Waals surface area contributed by atoms with Crippen molar-refractivity contribution in [2.75, 3.05) is 13.6 Å². The minimum Gasteiger partial charge on any atom is -0.345 e. The topological polar surface area (TPSA) is 46.3 Å². The first-order valence-electron chi connectivity index (χ1n) is 7.06. The summed E-state index contributed by atoms with van der Waals surface area (Å²) in [5, 5.41) is 0. The van der Waals surface area contributed by atoms with Crippen molar-refractivity contribution in [1.29, 1.82) is 0 Å². The maximum atomic E-state index is 12.3. The molecule has 0 aromatic carbocycles. The number of nitrogens with zero attached hydrogens (tertiary/aromatic N) is 1. The van der Waals surface area contributed by atoms with Gasteiger partial charge in [0.05, 0.1) is 5.92 Å². The summed E-state index contributed by atoms with van der Waals surface area (Å²) in [4.78, 5) is 14.2. The smallest absolute Gasteiger partial charge is 0.226 e. The van der Waals surface area contributed by atoms with E-state index in [2.05, 4.69) is 13.8 Å². The molecule has 1 amide bonds. The van der Waals surface area contributed by atoms with Gasteiger partial charge in [0.25, 0.3) is 0 Å². The summed E-state index contributed by atoms with van der Waals surface area (Å²) in [6.07, 6.45) is 6.64. The first-order chi connectivity index (χ1) is 8.06. The average Bonchev–Trinajstić information content (AvgIpc) is 2.31. The summed E-state index contributed by atoms with van der Waals surface area (Å²) in [6, 6.07) is 0.0762. The second kappa shape index (κ2) is 7.00. The molecule has 0 bridgehead atoms. The molecule has 0 saturated heterocycles. The van der Waals surface area contributed by atoms with Gasteiger partial charge in [0, 0.05) is 19.6 Å². The van der Waals surface area contributed by atoms with Crippen molar-refractivity contribution in [3.63, 3.8) is 0 Å². The van der Waals surface area contributed by atoms with Gasteiger partial charge < -0.3 is 10.6 Å². The fourth-order valence-electron chi connectivity index (χ4n) is 2.68. The lowest BCUT2D eigenvalue weighted by molar-refractivity contribution is -0.136. The lowest BCUT2D eigenvalue weighted by Gasteiger charge is -2.34. The highest BCUT2D eigenvalue weighted by atomic mass is 16.2. The second-order valence-corrected chi connectivity index (χ2v) is 5.66. The largest absolute Gasteiger partial charge is 0.345 e. The molecule has 1 aliphatic rings. The molecule has 0 spiro atoms. The van der Waals surface area contributed by atoms with E-state index in [0.29, 0.717) is 5.92 Å². The van der Waals surface area contributed by atoms with Crippen LogP contribution in [0.1, 0.15) is 52.4 Å². The Morgan fingerprint density at radius 1 is 1.35 bits per heavy atom. The third-order valence-corrected chi connectivity index (χ3v) is 3.96. The van der Waals surface area contributed by atoms with Crippen LogP contribution in [0.4, 0.5) is 0 Å². The van der Waals surface area contributed by atoms with Crippen molar-refractivity contribution in [2.24, 2.45) is 17.6 Å². The monoisotopic (exact) mass is 240 g/mol. The quantitative estimate of drug-likeness (QED) is 0.750. The van der Waals surface area contributed by atoms with Gasteiger partial charge in [-0.2, -0.15) is 0 Å². The van der Waals surface area contributed by atoms with Gasteiger partial charge in [-0.05, 0) is 31.6 Å². The minimum absolute atomic E-state index is 0.0605. The van der Waals surface area contributed by atoms with Crippen molar-refractivity contribution in [3.05, 3.63) is 0 Å². The number of amides is 1. The Hall–Kier alpha value is -0.570. The minimum atomic E-state index is 0.0605. The Morgan fingerprint density at radius 3 is 2.71 bits per heavy atom. The predicted octanol–water partition coefficient (Wildman–Crippen LogP) is 2.40. The molecular formula is C14H28N2O. The molecule has 1 rings (SSSR count). The van der Waals surface area contributed by atoms with Crippen LogP contribution in [0.2, 0.25) is 0 Å². The molecule has 17 heavy (non-hydrogen) atoms. The molecule has 1 saturated carbocycles. The third-order valence-electron chi connectivity index (χ3n) is 3.96. The van der Waals surface area contributed by atoms with E-state index in [9.17, 15) is 4.79 Å². The lowest BCUT2D eigenvalue weighted by atomic mass is 9.78. The molecule has 100 valence electrons. The Balaban J connectivity index is 2.43. The molecule has 0 radical (unpaired) electrons. The highest BCUT2D eigenvalue weighted by Gasteiger charge is 2.32. The standard InChI is InChI=1S/C14H28N2O/c1-4-5-6-9-16(3)14(17)12-10-11(2)7-8-13(12)15/h11-13H,4-10,15H2,1-3H3. The van der Waals surface area contributed by atoms with Crippen molar-refractivity contribution < 1.29 is 4.79 Å². The van der Waals surface area contributed by atoms with E-state index >= 15 is 0 Å². The number of hydrogen-bond acceptors (Lipinski definition) is 2. The number of carbonyl (C=O) groups excluding carboxylic acids is 1. The maximum absolute atomic E-state index is 12.3. The van der Waals surface area contributed by atoms with Crippen LogP contribution in [0.3, 0.4) is 0 Å². The molecule has 3 nitrogen and oxygen atoms in total. The fourth-order valence-corrected chi connectivity index (χ4v) is 2.68. The Kier molecular flexibility index (Phi) is 5.96. The highest BCUT2D eigenvalue weighted by Crippen LogP contribution is 2.29. The van der Waals surface area contributed by atoms with Crippen LogP contribution >= 0.6 is 0 Å². The third kappa shape index (κ3) is 4.30. The molecule has 0 aromatic rings. The van der Waals surface area contributed by atoms with Crippen LogP contribution in [-0.2, 0) is 4.79 Å². The normalized spacial score (nSPS) is 29.1. The lowest BCUT2D eigenvalue weighted by Crippen LogP contribution is -2.46. The summed E-state index contributed by atoms with van der Waals surface area (Å²) >= 11 is 0. The summed E-state index contributed by atoms with van der Waals surface area (Å²) in [7, 11) is 1.92. The van der Waals surface area contributed by atoms with Gasteiger partial charge in [-0.25, -0.2) is 0 Å². The molecule has 0 aliphatic heterocycles. The predicted molar refractivity (Wildman–Crippen MR) is 71.6 cm³/mol. The first-order valence-corrected chi connectivity index (χ1v) is 7.06. The summed E-state index contributed by atoms with van der Waals surface area (Å²) in [5.41, 5.74) is 6.09. The van der Waals surface area contributed by atoms with Gasteiger partial charge in [-0.15, -0.1) is 0 Å². The van der Waals surface area contributed by atoms with E-state index in [1.165, 1.54) is 19.3 Å². The molecule has 0 aromatic heterocycles. The summed E-state index contributed by atoms with van der Waals surface area (Å²) in [5.74, 6) is 0.971. The van der Waals surface area contributed by atoms with Gasteiger partial charge in [0.2, 0.25) is 5.91 Å². The molecule has 3 atom stereocenters. The van der Waals surface area contributed by atoms with Crippen LogP contribution in [-0.4, -0.2) is 30.4 Å².